The Bertz CT molecular complexity index is 1770. The van der Waals surface area contributed by atoms with Gasteiger partial charge in [-0.1, -0.05) is 84.4 Å². The van der Waals surface area contributed by atoms with Crippen LogP contribution in [0.3, 0.4) is 0 Å². The molecule has 1 aliphatic heterocycles. The molecule has 0 saturated heterocycles. The number of nitrogens with zero attached hydrogens (tertiary/aromatic N) is 2. The van der Waals surface area contributed by atoms with Crippen molar-refractivity contribution in [3.05, 3.63) is 134 Å². The van der Waals surface area contributed by atoms with Crippen LogP contribution in [0.25, 0.3) is 0 Å². The Balaban J connectivity index is 1.31. The molecule has 2 aliphatic rings. The molecule has 9 heteroatoms. The van der Waals surface area contributed by atoms with Crippen LogP contribution in [0.5, 0.6) is 5.75 Å². The average Bonchev–Trinajstić information content (AvgIpc) is 3.03. The van der Waals surface area contributed by atoms with Gasteiger partial charge in [0.1, 0.15) is 12.4 Å². The minimum Gasteiger partial charge on any atom is -0.483 e. The number of carbonyl (C=O) groups is 2. The number of pyridine rings is 1. The van der Waals surface area contributed by atoms with E-state index in [1.807, 2.05) is 60.7 Å². The lowest BCUT2D eigenvalue weighted by Crippen LogP contribution is -2.60. The summed E-state index contributed by atoms with van der Waals surface area (Å²) in [5, 5.41) is -0.0257. The molecule has 4 aromatic rings. The molecule has 1 fully saturated rings. The minimum absolute atomic E-state index is 0.0257. The van der Waals surface area contributed by atoms with Crippen LogP contribution in [-0.2, 0) is 29.9 Å². The maximum Gasteiger partial charge on any atom is 0.274 e. The van der Waals surface area contributed by atoms with Gasteiger partial charge < -0.3 is 18.9 Å². The second-order valence-electron chi connectivity index (χ2n) is 12.0. The van der Waals surface area contributed by atoms with Crippen LogP contribution in [0.2, 0.25) is 5.02 Å². The van der Waals surface area contributed by atoms with E-state index in [1.54, 1.807) is 28.6 Å². The number of halogens is 2. The maximum absolute atomic E-state index is 14.6. The number of ether oxygens (including phenoxy) is 2. The van der Waals surface area contributed by atoms with Crippen LogP contribution in [0, 0.1) is 11.7 Å². The molecule has 0 bridgehead atoms. The van der Waals surface area contributed by atoms with Crippen molar-refractivity contribution in [2.75, 3.05) is 20.2 Å². The number of fused-ring (bicyclic) bond motifs is 2. The van der Waals surface area contributed by atoms with Gasteiger partial charge in [0.2, 0.25) is 5.43 Å². The van der Waals surface area contributed by atoms with Crippen molar-refractivity contribution in [1.82, 2.24) is 9.47 Å². The van der Waals surface area contributed by atoms with Crippen molar-refractivity contribution in [2.24, 2.45) is 5.92 Å². The molecule has 1 saturated carbocycles. The number of rotatable bonds is 11. The van der Waals surface area contributed by atoms with E-state index in [0.29, 0.717) is 38.2 Å². The van der Waals surface area contributed by atoms with Crippen LogP contribution in [-0.4, -0.2) is 41.4 Å². The van der Waals surface area contributed by atoms with Gasteiger partial charge in [-0.25, -0.2) is 4.39 Å². The number of aromatic nitrogens is 1. The Labute approximate surface area is 266 Å². The first-order valence-electron chi connectivity index (χ1n) is 15.1. The predicted molar refractivity (Wildman–Crippen MR) is 169 cm³/mol. The zero-order valence-corrected chi connectivity index (χ0v) is 25.8. The third kappa shape index (κ3) is 6.30. The Morgan fingerprint density at radius 2 is 1.62 bits per heavy atom. The first kappa shape index (κ1) is 30.7. The molecule has 1 aliphatic carbocycles. The van der Waals surface area contributed by atoms with E-state index in [-0.39, 0.29) is 53.3 Å². The van der Waals surface area contributed by atoms with Crippen LogP contribution in [0.1, 0.15) is 56.8 Å². The third-order valence-corrected chi connectivity index (χ3v) is 9.03. The van der Waals surface area contributed by atoms with Gasteiger partial charge in [0, 0.05) is 26.2 Å². The topological polar surface area (TPSA) is 77.8 Å². The summed E-state index contributed by atoms with van der Waals surface area (Å²) in [4.78, 5) is 42.8. The molecular weight excluding hydrogens is 595 g/mol. The summed E-state index contributed by atoms with van der Waals surface area (Å²) in [6.07, 6.45) is 2.89. The molecule has 2 heterocycles. The van der Waals surface area contributed by atoms with Crippen LogP contribution in [0.15, 0.2) is 89.9 Å². The number of amides is 1. The summed E-state index contributed by atoms with van der Waals surface area (Å²) in [5.41, 5.74) is 1.10. The largest absolute Gasteiger partial charge is 0.483 e. The summed E-state index contributed by atoms with van der Waals surface area (Å²) in [7, 11) is 1.72. The van der Waals surface area contributed by atoms with Crippen LogP contribution >= 0.6 is 11.6 Å². The van der Waals surface area contributed by atoms with Crippen molar-refractivity contribution in [3.8, 4) is 5.75 Å². The number of carbonyl (C=O) groups excluding carboxylic acids is 2. The molecule has 0 unspecified atom stereocenters. The van der Waals surface area contributed by atoms with Crippen molar-refractivity contribution < 1.29 is 23.5 Å². The number of likely N-dealkylation sites (N-methyl/N-ethyl adjacent to an activating group) is 1. The summed E-state index contributed by atoms with van der Waals surface area (Å²) in [5.74, 6) is -1.28. The van der Waals surface area contributed by atoms with Gasteiger partial charge in [-0.2, -0.15) is 0 Å². The Morgan fingerprint density at radius 3 is 2.31 bits per heavy atom. The van der Waals surface area contributed by atoms with Crippen molar-refractivity contribution in [1.29, 1.82) is 0 Å². The lowest BCUT2D eigenvalue weighted by molar-refractivity contribution is -0.0324. The fourth-order valence-corrected chi connectivity index (χ4v) is 6.69. The second kappa shape index (κ2) is 13.0. The molecule has 6 rings (SSSR count). The molecule has 0 atom stereocenters. The highest BCUT2D eigenvalue weighted by Crippen LogP contribution is 2.48. The minimum atomic E-state index is -0.644. The van der Waals surface area contributed by atoms with E-state index >= 15 is 0 Å². The zero-order chi connectivity index (χ0) is 31.6. The third-order valence-electron chi connectivity index (χ3n) is 8.74. The smallest absolute Gasteiger partial charge is 0.274 e. The first-order chi connectivity index (χ1) is 21.8. The van der Waals surface area contributed by atoms with E-state index in [0.717, 1.165) is 11.1 Å². The van der Waals surface area contributed by atoms with Crippen LogP contribution < -0.4 is 10.2 Å². The van der Waals surface area contributed by atoms with Gasteiger partial charge in [-0.05, 0) is 47.9 Å². The molecule has 1 amide bonds. The first-order valence-corrected chi connectivity index (χ1v) is 15.4. The van der Waals surface area contributed by atoms with Gasteiger partial charge in [-0.3, -0.25) is 14.4 Å². The molecule has 3 aromatic carbocycles. The van der Waals surface area contributed by atoms with Crippen molar-refractivity contribution in [3.63, 3.8) is 0 Å². The number of benzene rings is 3. The molecule has 1 spiro atoms. The number of aryl methyl sites for hydroxylation is 1. The zero-order valence-electron chi connectivity index (χ0n) is 25.0. The van der Waals surface area contributed by atoms with E-state index in [2.05, 4.69) is 0 Å². The standard InChI is InChI=1S/C36H34ClFN2O5/c1-39-23-36(17-26(18-36)21-44-20-24-9-4-2-5-10-24)40-19-28(30(41)16-15-27-13-8-14-29(37)31(27)38)33(42)34(32(40)35(39)43)45-22-25-11-6-3-7-12-25/h2-14,19,26H,15-18,20-23H2,1H3. The fraction of sp³-hybridized carbons (Fsp3) is 0.306. The predicted octanol–water partition coefficient (Wildman–Crippen LogP) is 6.44. The molecule has 0 N–H and O–H groups in total. The van der Waals surface area contributed by atoms with E-state index < -0.39 is 22.6 Å². The molecule has 7 nitrogen and oxygen atoms in total. The Kier molecular flexibility index (Phi) is 8.88. The average molecular weight is 629 g/mol. The summed E-state index contributed by atoms with van der Waals surface area (Å²) >= 11 is 5.94. The highest BCUT2D eigenvalue weighted by atomic mass is 35.5. The van der Waals surface area contributed by atoms with Gasteiger partial charge in [0.05, 0.1) is 29.3 Å². The summed E-state index contributed by atoms with van der Waals surface area (Å²) in [6, 6.07) is 23.9. The molecule has 1 aromatic heterocycles. The van der Waals surface area contributed by atoms with Crippen LogP contribution in [0.4, 0.5) is 4.39 Å². The maximum atomic E-state index is 14.6. The molecule has 232 valence electrons. The number of Topliss-reactive ketones (excluding diaryl/α,β-unsaturated/α-hetero) is 1. The van der Waals surface area contributed by atoms with E-state index in [1.165, 1.54) is 12.3 Å². The number of hydrogen-bond acceptors (Lipinski definition) is 5. The second-order valence-corrected chi connectivity index (χ2v) is 12.4. The highest BCUT2D eigenvalue weighted by Gasteiger charge is 2.52. The normalized spacial score (nSPS) is 18.9. The summed E-state index contributed by atoms with van der Waals surface area (Å²) < 4.78 is 28.5. The molecule has 0 radical (unpaired) electrons. The monoisotopic (exact) mass is 628 g/mol. The summed E-state index contributed by atoms with van der Waals surface area (Å²) in [6.45, 7) is 1.54. The SMILES string of the molecule is CN1CC2(CC(COCc3ccccc3)C2)n2cc(C(=O)CCc3cccc(Cl)c3F)c(=O)c(OCc3ccccc3)c2C1=O. The highest BCUT2D eigenvalue weighted by molar-refractivity contribution is 6.30. The van der Waals surface area contributed by atoms with E-state index in [4.69, 9.17) is 21.1 Å². The van der Waals surface area contributed by atoms with Gasteiger partial charge in [-0.15, -0.1) is 0 Å². The molecular formula is C36H34ClFN2O5. The van der Waals surface area contributed by atoms with Gasteiger partial charge in [0.25, 0.3) is 5.91 Å². The lowest BCUT2D eigenvalue weighted by Gasteiger charge is -2.54. The number of ketones is 1. The Hall–Kier alpha value is -4.27. The van der Waals surface area contributed by atoms with Crippen molar-refractivity contribution >= 4 is 23.3 Å². The Morgan fingerprint density at radius 1 is 0.956 bits per heavy atom. The number of hydrogen-bond donors (Lipinski definition) is 0. The van der Waals surface area contributed by atoms with E-state index in [9.17, 15) is 18.8 Å². The molecule has 45 heavy (non-hydrogen) atoms. The fourth-order valence-electron chi connectivity index (χ4n) is 6.50. The van der Waals surface area contributed by atoms with Gasteiger partial charge >= 0.3 is 0 Å². The van der Waals surface area contributed by atoms with Gasteiger partial charge in [0.15, 0.2) is 17.2 Å². The van der Waals surface area contributed by atoms with Crippen molar-refractivity contribution in [2.45, 2.75) is 44.4 Å². The quantitative estimate of drug-likeness (QED) is 0.179. The lowest BCUT2D eigenvalue weighted by atomic mass is 9.67.